The van der Waals surface area contributed by atoms with Gasteiger partial charge in [-0.25, -0.2) is 14.8 Å². The largest absolute Gasteiger partial charge is 0.477 e. The Morgan fingerprint density at radius 2 is 1.47 bits per heavy atom. The maximum atomic E-state index is 12.8. The number of carboxylic acids is 1. The first-order valence-corrected chi connectivity index (χ1v) is 13.2. The highest BCUT2D eigenvalue weighted by molar-refractivity contribution is 6.04. The lowest BCUT2D eigenvalue weighted by molar-refractivity contribution is -0.116. The second kappa shape index (κ2) is 12.5. The monoisotopic (exact) mass is 592 g/mol. The third kappa shape index (κ3) is 6.98. The van der Waals surface area contributed by atoms with Crippen LogP contribution in [0.15, 0.2) is 43.1 Å². The Labute approximate surface area is 245 Å². The number of hydrogen-bond donors (Lipinski definition) is 5. The molecular formula is C27H32N10O6. The predicted molar refractivity (Wildman–Crippen MR) is 155 cm³/mol. The summed E-state index contributed by atoms with van der Waals surface area (Å²) in [4.78, 5) is 70.0. The van der Waals surface area contributed by atoms with Gasteiger partial charge in [0.2, 0.25) is 11.7 Å². The van der Waals surface area contributed by atoms with Crippen molar-refractivity contribution in [3.63, 3.8) is 0 Å². The number of anilines is 3. The number of imidazole rings is 2. The molecule has 0 aliphatic heterocycles. The van der Waals surface area contributed by atoms with E-state index in [1.807, 2.05) is 13.8 Å². The normalized spacial score (nSPS) is 10.9. The third-order valence-corrected chi connectivity index (χ3v) is 6.39. The van der Waals surface area contributed by atoms with E-state index < -0.39 is 29.6 Å². The minimum Gasteiger partial charge on any atom is -0.477 e. The Hall–Kier alpha value is -5.67. The van der Waals surface area contributed by atoms with Crippen LogP contribution in [0.3, 0.4) is 0 Å². The van der Waals surface area contributed by atoms with Crippen molar-refractivity contribution < 1.29 is 29.1 Å². The second-order valence-electron chi connectivity index (χ2n) is 10.0. The molecule has 0 radical (unpaired) electrons. The predicted octanol–water partition coefficient (Wildman–Crippen LogP) is 1.84. The van der Waals surface area contributed by atoms with E-state index in [0.29, 0.717) is 11.4 Å². The molecule has 0 aliphatic carbocycles. The van der Waals surface area contributed by atoms with Gasteiger partial charge in [-0.3, -0.25) is 19.2 Å². The zero-order valence-electron chi connectivity index (χ0n) is 24.2. The molecule has 0 saturated carbocycles. The summed E-state index contributed by atoms with van der Waals surface area (Å²) >= 11 is 0. The topological polar surface area (TPSA) is 199 Å². The van der Waals surface area contributed by atoms with Crippen molar-refractivity contribution in [3.8, 4) is 0 Å². The number of nitrogens with one attached hydrogen (secondary N) is 4. The average Bonchev–Trinajstić information content (AvgIpc) is 3.70. The van der Waals surface area contributed by atoms with Crippen LogP contribution in [0.25, 0.3) is 0 Å². The van der Waals surface area contributed by atoms with E-state index in [2.05, 4.69) is 31.2 Å². The molecular weight excluding hydrogens is 560 g/mol. The van der Waals surface area contributed by atoms with E-state index in [-0.39, 0.29) is 47.9 Å². The van der Waals surface area contributed by atoms with Crippen LogP contribution in [-0.2, 0) is 25.9 Å². The number of aryl methyl sites for hydroxylation is 3. The van der Waals surface area contributed by atoms with Crippen molar-refractivity contribution in [2.24, 2.45) is 21.1 Å². The Morgan fingerprint density at radius 1 is 0.814 bits per heavy atom. The quantitative estimate of drug-likeness (QED) is 0.174. The van der Waals surface area contributed by atoms with E-state index >= 15 is 0 Å². The highest BCUT2D eigenvalue weighted by Gasteiger charge is 2.20. The van der Waals surface area contributed by atoms with Gasteiger partial charge < -0.3 is 44.6 Å². The fourth-order valence-corrected chi connectivity index (χ4v) is 4.29. The molecule has 4 amide bonds. The molecule has 5 N–H and O–H groups in total. The fourth-order valence-electron chi connectivity index (χ4n) is 4.29. The van der Waals surface area contributed by atoms with Gasteiger partial charge in [-0.05, 0) is 26.0 Å². The Morgan fingerprint density at radius 3 is 2.07 bits per heavy atom. The number of rotatable bonds is 11. The summed E-state index contributed by atoms with van der Waals surface area (Å²) in [5.74, 6) is -2.68. The van der Waals surface area contributed by atoms with Gasteiger partial charge in [0, 0.05) is 71.1 Å². The average molecular weight is 593 g/mol. The van der Waals surface area contributed by atoms with Crippen LogP contribution in [0.5, 0.6) is 0 Å². The van der Waals surface area contributed by atoms with E-state index in [4.69, 9.17) is 0 Å². The number of hydrogen-bond acceptors (Lipinski definition) is 7. The van der Waals surface area contributed by atoms with Gasteiger partial charge in [-0.15, -0.1) is 0 Å². The smallest absolute Gasteiger partial charge is 0.352 e. The van der Waals surface area contributed by atoms with Crippen molar-refractivity contribution in [2.45, 2.75) is 26.3 Å². The summed E-state index contributed by atoms with van der Waals surface area (Å²) in [6.07, 6.45) is 7.65. The highest BCUT2D eigenvalue weighted by Crippen LogP contribution is 2.20. The number of nitrogens with zero attached hydrogens (tertiary/aromatic N) is 6. The van der Waals surface area contributed by atoms with Gasteiger partial charge in [0.15, 0.2) is 11.6 Å². The number of amides is 4. The lowest BCUT2D eigenvalue weighted by atomic mass is 10.3. The molecule has 0 saturated heterocycles. The number of carboxylic acid groups (broad SMARTS) is 1. The number of aromatic carboxylic acids is 1. The molecule has 0 unspecified atom stereocenters. The minimum atomic E-state index is -1.12. The molecule has 16 heteroatoms. The van der Waals surface area contributed by atoms with Gasteiger partial charge in [-0.2, -0.15) is 0 Å². The van der Waals surface area contributed by atoms with Crippen molar-refractivity contribution in [2.75, 3.05) is 22.5 Å². The molecule has 0 spiro atoms. The zero-order valence-corrected chi connectivity index (χ0v) is 24.2. The first-order chi connectivity index (χ1) is 20.3. The Balaban J connectivity index is 1.28. The Kier molecular flexibility index (Phi) is 8.78. The number of carbonyl (C=O) groups is 5. The van der Waals surface area contributed by atoms with Gasteiger partial charge in [-0.1, -0.05) is 0 Å². The zero-order chi connectivity index (χ0) is 31.4. The van der Waals surface area contributed by atoms with Gasteiger partial charge >= 0.3 is 5.97 Å². The number of aromatic nitrogens is 6. The van der Waals surface area contributed by atoms with Crippen LogP contribution in [0, 0.1) is 0 Å². The summed E-state index contributed by atoms with van der Waals surface area (Å²) in [6, 6.07) is 2.73. The molecule has 226 valence electrons. The van der Waals surface area contributed by atoms with Crippen LogP contribution in [0.1, 0.15) is 68.5 Å². The molecule has 0 aliphatic rings. The standard InChI is InChI=1S/C27H32N10O6/c1-15(2)37-13-17(11-19(37)27(42)43)31-26(41)23-33-20(14-36(23)5)32-21(38)6-7-29-24(39)18-10-16(12-35(18)4)30-25(40)22-28-8-9-34(22)3/h8-15H,6-7H2,1-5H3,(H,29,39)(H,30,40)(H,31,41)(H,32,38)(H,42,43). The molecule has 0 atom stereocenters. The molecule has 43 heavy (non-hydrogen) atoms. The number of carbonyl (C=O) groups excluding carboxylic acids is 4. The Bertz CT molecular complexity index is 1710. The maximum Gasteiger partial charge on any atom is 0.352 e. The summed E-state index contributed by atoms with van der Waals surface area (Å²) in [5.41, 5.74) is 1.01. The second-order valence-corrected chi connectivity index (χ2v) is 10.0. The minimum absolute atomic E-state index is 0.00714. The van der Waals surface area contributed by atoms with E-state index in [1.54, 1.807) is 42.7 Å². The van der Waals surface area contributed by atoms with Crippen LogP contribution in [-0.4, -0.2) is 69.5 Å². The lowest BCUT2D eigenvalue weighted by Gasteiger charge is -2.09. The first-order valence-electron chi connectivity index (χ1n) is 13.2. The SMILES string of the molecule is CC(C)n1cc(NC(=O)c2nc(NC(=O)CCNC(=O)c3cc(NC(=O)c4nccn4C)cn3C)cn2C)cc1C(=O)O. The fraction of sp³-hybridized carbons (Fsp3) is 0.296. The van der Waals surface area contributed by atoms with Crippen molar-refractivity contribution in [1.82, 2.24) is 33.6 Å². The highest BCUT2D eigenvalue weighted by atomic mass is 16.4. The molecule has 4 rings (SSSR count). The van der Waals surface area contributed by atoms with Crippen LogP contribution < -0.4 is 21.3 Å². The first kappa shape index (κ1) is 30.3. The summed E-state index contributed by atoms with van der Waals surface area (Å²) < 4.78 is 6.06. The van der Waals surface area contributed by atoms with Crippen LogP contribution in [0.4, 0.5) is 17.2 Å². The molecule has 16 nitrogen and oxygen atoms in total. The maximum absolute atomic E-state index is 12.8. The van der Waals surface area contributed by atoms with Gasteiger partial charge in [0.25, 0.3) is 17.7 Å². The summed E-state index contributed by atoms with van der Waals surface area (Å²) in [7, 11) is 4.92. The molecule has 0 bridgehead atoms. The third-order valence-electron chi connectivity index (χ3n) is 6.39. The lowest BCUT2D eigenvalue weighted by Crippen LogP contribution is -2.29. The summed E-state index contributed by atoms with van der Waals surface area (Å²) in [5, 5.41) is 20.0. The molecule has 0 fully saturated rings. The molecule has 4 aromatic heterocycles. The van der Waals surface area contributed by atoms with Crippen molar-refractivity contribution in [3.05, 3.63) is 66.2 Å². The van der Waals surface area contributed by atoms with E-state index in [9.17, 15) is 29.1 Å². The van der Waals surface area contributed by atoms with Crippen LogP contribution >= 0.6 is 0 Å². The van der Waals surface area contributed by atoms with Crippen molar-refractivity contribution in [1.29, 1.82) is 0 Å². The van der Waals surface area contributed by atoms with E-state index in [1.165, 1.54) is 39.9 Å². The molecule has 0 aromatic carbocycles. The molecule has 4 aromatic rings. The van der Waals surface area contributed by atoms with Crippen LogP contribution in [0.2, 0.25) is 0 Å². The summed E-state index contributed by atoms with van der Waals surface area (Å²) in [6.45, 7) is 3.66. The van der Waals surface area contributed by atoms with Gasteiger partial charge in [0.1, 0.15) is 11.4 Å². The molecule has 4 heterocycles. The van der Waals surface area contributed by atoms with Gasteiger partial charge in [0.05, 0.1) is 11.4 Å². The van der Waals surface area contributed by atoms with E-state index in [0.717, 1.165) is 0 Å². The van der Waals surface area contributed by atoms with Crippen molar-refractivity contribution >= 4 is 46.8 Å².